The van der Waals surface area contributed by atoms with Gasteiger partial charge >= 0.3 is 0 Å². The van der Waals surface area contributed by atoms with E-state index in [9.17, 15) is 0 Å². The Morgan fingerprint density at radius 3 is 2.95 bits per heavy atom. The molecule has 1 aliphatic heterocycles. The largest absolute Gasteiger partial charge is 0.402 e. The van der Waals surface area contributed by atoms with E-state index in [1.54, 1.807) is 6.20 Å². The van der Waals surface area contributed by atoms with Crippen LogP contribution in [0.5, 0.6) is 0 Å². The molecule has 0 aromatic carbocycles. The predicted octanol–water partition coefficient (Wildman–Crippen LogP) is 1.89. The summed E-state index contributed by atoms with van der Waals surface area (Å²) < 4.78 is 5.35. The molecule has 0 fully saturated rings. The van der Waals surface area contributed by atoms with Gasteiger partial charge in [-0.05, 0) is 29.7 Å². The second-order valence-electron chi connectivity index (χ2n) is 5.27. The van der Waals surface area contributed by atoms with Crippen LogP contribution in [0.2, 0.25) is 5.28 Å². The summed E-state index contributed by atoms with van der Waals surface area (Å²) in [6.45, 7) is 1.27. The first-order valence-corrected chi connectivity index (χ1v) is 7.19. The standard InChI is InChI=1S/C15H17ClN4O/c16-14-19-9-12(10-3-6-21-7-4-10)13(20-14)15(18)5-1-2-11(17)8-15/h1-3,5,9H,4,6-8,17-18H2. The van der Waals surface area contributed by atoms with Crippen molar-refractivity contribution in [2.45, 2.75) is 18.4 Å². The summed E-state index contributed by atoms with van der Waals surface area (Å²) in [5.41, 5.74) is 15.2. The van der Waals surface area contributed by atoms with E-state index in [1.807, 2.05) is 24.3 Å². The Hall–Kier alpha value is -1.69. The third-order valence-electron chi connectivity index (χ3n) is 3.71. The minimum atomic E-state index is -0.764. The predicted molar refractivity (Wildman–Crippen MR) is 82.3 cm³/mol. The van der Waals surface area contributed by atoms with Crippen molar-refractivity contribution < 1.29 is 4.74 Å². The Balaban J connectivity index is 2.09. The van der Waals surface area contributed by atoms with Gasteiger partial charge in [-0.1, -0.05) is 18.2 Å². The van der Waals surface area contributed by atoms with Gasteiger partial charge in [-0.15, -0.1) is 0 Å². The summed E-state index contributed by atoms with van der Waals surface area (Å²) in [6, 6.07) is 0. The van der Waals surface area contributed by atoms with Crippen LogP contribution in [-0.2, 0) is 10.3 Å². The Labute approximate surface area is 128 Å². The van der Waals surface area contributed by atoms with Crippen molar-refractivity contribution in [2.75, 3.05) is 13.2 Å². The smallest absolute Gasteiger partial charge is 0.222 e. The van der Waals surface area contributed by atoms with E-state index in [2.05, 4.69) is 9.97 Å². The zero-order chi connectivity index (χ0) is 14.9. The Bertz CT molecular complexity index is 653. The maximum absolute atomic E-state index is 6.53. The summed E-state index contributed by atoms with van der Waals surface area (Å²) in [7, 11) is 0. The number of hydrogen-bond acceptors (Lipinski definition) is 5. The van der Waals surface area contributed by atoms with E-state index >= 15 is 0 Å². The molecular weight excluding hydrogens is 288 g/mol. The van der Waals surface area contributed by atoms with Crippen LogP contribution in [0.3, 0.4) is 0 Å². The van der Waals surface area contributed by atoms with Crippen LogP contribution >= 0.6 is 11.6 Å². The van der Waals surface area contributed by atoms with Crippen LogP contribution < -0.4 is 11.5 Å². The zero-order valence-electron chi connectivity index (χ0n) is 11.6. The number of halogens is 1. The summed E-state index contributed by atoms with van der Waals surface area (Å²) in [6.07, 6.45) is 10.7. The van der Waals surface area contributed by atoms with Gasteiger partial charge in [-0.2, -0.15) is 0 Å². The highest BCUT2D eigenvalue weighted by Crippen LogP contribution is 2.34. The van der Waals surface area contributed by atoms with Gasteiger partial charge < -0.3 is 16.2 Å². The van der Waals surface area contributed by atoms with Gasteiger partial charge in [0.25, 0.3) is 0 Å². The lowest BCUT2D eigenvalue weighted by atomic mass is 9.83. The van der Waals surface area contributed by atoms with Crippen molar-refractivity contribution in [1.29, 1.82) is 0 Å². The van der Waals surface area contributed by atoms with E-state index in [4.69, 9.17) is 27.8 Å². The number of ether oxygens (including phenoxy) is 1. The average Bonchev–Trinajstić information content (AvgIpc) is 2.48. The fraction of sp³-hybridized carbons (Fsp3) is 0.333. The number of allylic oxidation sites excluding steroid dienone is 2. The van der Waals surface area contributed by atoms with Gasteiger partial charge in [-0.25, -0.2) is 9.97 Å². The fourth-order valence-electron chi connectivity index (χ4n) is 2.68. The molecule has 4 N–H and O–H groups in total. The van der Waals surface area contributed by atoms with Gasteiger partial charge in [0.2, 0.25) is 5.28 Å². The van der Waals surface area contributed by atoms with Gasteiger partial charge in [-0.3, -0.25) is 0 Å². The molecule has 1 aliphatic carbocycles. The molecule has 110 valence electrons. The number of aromatic nitrogens is 2. The first-order valence-electron chi connectivity index (χ1n) is 6.81. The number of nitrogens with zero attached hydrogens (tertiary/aromatic N) is 2. The molecular formula is C15H17ClN4O. The molecule has 0 radical (unpaired) electrons. The lowest BCUT2D eigenvalue weighted by Gasteiger charge is -2.30. The molecule has 0 saturated heterocycles. The lowest BCUT2D eigenvalue weighted by molar-refractivity contribution is 0.161. The molecule has 0 spiro atoms. The van der Waals surface area contributed by atoms with Crippen molar-refractivity contribution in [3.63, 3.8) is 0 Å². The van der Waals surface area contributed by atoms with Crippen molar-refractivity contribution in [2.24, 2.45) is 11.5 Å². The van der Waals surface area contributed by atoms with E-state index in [0.29, 0.717) is 25.3 Å². The average molecular weight is 305 g/mol. The highest BCUT2D eigenvalue weighted by molar-refractivity contribution is 6.28. The number of nitrogens with two attached hydrogens (primary N) is 2. The number of hydrogen-bond donors (Lipinski definition) is 2. The van der Waals surface area contributed by atoms with E-state index in [0.717, 1.165) is 23.3 Å². The summed E-state index contributed by atoms with van der Waals surface area (Å²) in [4.78, 5) is 8.50. The quantitative estimate of drug-likeness (QED) is 0.815. The molecule has 21 heavy (non-hydrogen) atoms. The third-order valence-corrected chi connectivity index (χ3v) is 3.89. The highest BCUT2D eigenvalue weighted by atomic mass is 35.5. The van der Waals surface area contributed by atoms with Crippen molar-refractivity contribution >= 4 is 17.2 Å². The first-order chi connectivity index (χ1) is 10.1. The first kappa shape index (κ1) is 14.3. The monoisotopic (exact) mass is 304 g/mol. The molecule has 2 heterocycles. The normalized spacial score (nSPS) is 25.4. The fourth-order valence-corrected chi connectivity index (χ4v) is 2.82. The molecule has 1 aromatic heterocycles. The van der Waals surface area contributed by atoms with Crippen molar-refractivity contribution in [1.82, 2.24) is 9.97 Å². The molecule has 6 heteroatoms. The molecule has 3 rings (SSSR count). The highest BCUT2D eigenvalue weighted by Gasteiger charge is 2.32. The molecule has 1 aromatic rings. The summed E-state index contributed by atoms with van der Waals surface area (Å²) >= 11 is 5.98. The van der Waals surface area contributed by atoms with Gasteiger partial charge in [0, 0.05) is 23.9 Å². The van der Waals surface area contributed by atoms with Gasteiger partial charge in [0.1, 0.15) is 0 Å². The second kappa shape index (κ2) is 5.60. The molecule has 0 saturated carbocycles. The minimum Gasteiger partial charge on any atom is -0.402 e. The zero-order valence-corrected chi connectivity index (χ0v) is 12.3. The van der Waals surface area contributed by atoms with Crippen LogP contribution in [-0.4, -0.2) is 23.2 Å². The van der Waals surface area contributed by atoms with Crippen LogP contribution in [0.1, 0.15) is 24.1 Å². The van der Waals surface area contributed by atoms with E-state index < -0.39 is 5.54 Å². The third kappa shape index (κ3) is 2.85. The second-order valence-corrected chi connectivity index (χ2v) is 5.61. The van der Waals surface area contributed by atoms with Crippen LogP contribution in [0, 0.1) is 0 Å². The van der Waals surface area contributed by atoms with Crippen molar-refractivity contribution in [3.8, 4) is 0 Å². The molecule has 1 atom stereocenters. The van der Waals surface area contributed by atoms with Gasteiger partial charge in [0.15, 0.2) is 0 Å². The molecule has 1 unspecified atom stereocenters. The van der Waals surface area contributed by atoms with Gasteiger partial charge in [0.05, 0.1) is 24.4 Å². The van der Waals surface area contributed by atoms with Crippen LogP contribution in [0.4, 0.5) is 0 Å². The van der Waals surface area contributed by atoms with Crippen LogP contribution in [0.15, 0.2) is 36.2 Å². The topological polar surface area (TPSA) is 87.1 Å². The molecule has 2 aliphatic rings. The minimum absolute atomic E-state index is 0.188. The van der Waals surface area contributed by atoms with E-state index in [-0.39, 0.29) is 5.28 Å². The Kier molecular flexibility index (Phi) is 3.80. The summed E-state index contributed by atoms with van der Waals surface area (Å²) in [5.74, 6) is 0. The lowest BCUT2D eigenvalue weighted by Crippen LogP contribution is -2.39. The van der Waals surface area contributed by atoms with Crippen molar-refractivity contribution in [3.05, 3.63) is 52.7 Å². The SMILES string of the molecule is NC1=CC=CC(N)(c2nc(Cl)ncc2C2=CCOCC2)C1. The van der Waals surface area contributed by atoms with Crippen LogP contribution in [0.25, 0.3) is 5.57 Å². The maximum Gasteiger partial charge on any atom is 0.222 e. The summed E-state index contributed by atoms with van der Waals surface area (Å²) in [5, 5.41) is 0.188. The Morgan fingerprint density at radius 1 is 1.38 bits per heavy atom. The molecule has 0 bridgehead atoms. The van der Waals surface area contributed by atoms with E-state index in [1.165, 1.54) is 0 Å². The number of rotatable bonds is 2. The molecule has 5 nitrogen and oxygen atoms in total. The maximum atomic E-state index is 6.53. The molecule has 0 amide bonds. The Morgan fingerprint density at radius 2 is 2.24 bits per heavy atom.